The SMILES string of the molecule is c1ccc(-c2nc(-c3ccccc3)nc(-c3ccc4c(c3)-c3cc(-c5cc(-c6ccncc6)nc(-c6ccncc6)c5)ccc3C43c4ccccc4Sc4ccccc43)n2)cc1. The van der Waals surface area contributed by atoms with E-state index >= 15 is 0 Å². The van der Waals surface area contributed by atoms with Gasteiger partial charge in [0.05, 0.1) is 16.8 Å². The highest BCUT2D eigenvalue weighted by molar-refractivity contribution is 7.99. The quantitative estimate of drug-likeness (QED) is 0.165. The van der Waals surface area contributed by atoms with Gasteiger partial charge in [-0.1, -0.05) is 133 Å². The van der Waals surface area contributed by atoms with E-state index < -0.39 is 5.41 Å². The Kier molecular flexibility index (Phi) is 8.54. The highest BCUT2D eigenvalue weighted by atomic mass is 32.2. The van der Waals surface area contributed by atoms with Crippen molar-refractivity contribution in [2.24, 2.45) is 0 Å². The number of nitrogens with zero attached hydrogens (tertiary/aromatic N) is 6. The van der Waals surface area contributed by atoms with Crippen molar-refractivity contribution in [2.45, 2.75) is 15.2 Å². The van der Waals surface area contributed by atoms with Crippen molar-refractivity contribution in [3.05, 3.63) is 229 Å². The molecule has 0 amide bonds. The van der Waals surface area contributed by atoms with Gasteiger partial charge < -0.3 is 0 Å². The molecule has 0 radical (unpaired) electrons. The monoisotopic (exact) mass is 810 g/mol. The molecule has 12 rings (SSSR count). The first-order valence-corrected chi connectivity index (χ1v) is 21.4. The second-order valence-electron chi connectivity index (χ2n) is 15.5. The normalized spacial score (nSPS) is 12.9. The fourth-order valence-electron chi connectivity index (χ4n) is 9.20. The molecule has 10 aromatic rings. The van der Waals surface area contributed by atoms with Crippen molar-refractivity contribution in [1.29, 1.82) is 0 Å². The topological polar surface area (TPSA) is 77.3 Å². The van der Waals surface area contributed by atoms with Crippen molar-refractivity contribution in [2.75, 3.05) is 0 Å². The summed E-state index contributed by atoms with van der Waals surface area (Å²) in [6, 6.07) is 64.3. The molecular weight excluding hydrogens is 777 g/mol. The number of pyridine rings is 3. The smallest absolute Gasteiger partial charge is 0.164 e. The Labute approximate surface area is 363 Å². The maximum absolute atomic E-state index is 5.16. The molecular formula is C55H34N6S. The Morgan fingerprint density at radius 3 is 1.26 bits per heavy atom. The predicted octanol–water partition coefficient (Wildman–Crippen LogP) is 12.9. The molecule has 6 aromatic carbocycles. The molecule has 4 aromatic heterocycles. The standard InChI is InChI=1S/C55H34N6S/c1-3-11-37(12-4-1)52-59-53(38-13-5-2-6-14-38)61-54(60-52)40-20-22-45-43(32-40)42-31-39(41-33-48(35-23-27-56-28-24-35)58-49(34-41)36-25-29-57-30-26-36)19-21-44(42)55(45)46-15-7-9-17-50(46)62-51-18-10-8-16-47(51)55/h1-34H. The molecule has 0 bridgehead atoms. The third kappa shape index (κ3) is 5.89. The van der Waals surface area contributed by atoms with Crippen LogP contribution in [0.15, 0.2) is 217 Å². The van der Waals surface area contributed by atoms with Crippen LogP contribution >= 0.6 is 11.8 Å². The second kappa shape index (κ2) is 14.7. The lowest BCUT2D eigenvalue weighted by Gasteiger charge is -2.39. The van der Waals surface area contributed by atoms with Crippen LogP contribution in [0, 0.1) is 0 Å². The Morgan fingerprint density at radius 2 is 0.742 bits per heavy atom. The molecule has 0 fully saturated rings. The van der Waals surface area contributed by atoms with Crippen LogP contribution in [0.2, 0.25) is 0 Å². The number of rotatable bonds is 6. The van der Waals surface area contributed by atoms with Gasteiger partial charge in [0.25, 0.3) is 0 Å². The van der Waals surface area contributed by atoms with Crippen molar-refractivity contribution in [3.63, 3.8) is 0 Å². The second-order valence-corrected chi connectivity index (χ2v) is 16.6. The summed E-state index contributed by atoms with van der Waals surface area (Å²) in [4.78, 5) is 31.5. The summed E-state index contributed by atoms with van der Waals surface area (Å²) in [5, 5.41) is 0. The zero-order valence-corrected chi connectivity index (χ0v) is 34.0. The maximum Gasteiger partial charge on any atom is 0.164 e. The summed E-state index contributed by atoms with van der Waals surface area (Å²) in [5.41, 5.74) is 15.5. The Hall–Kier alpha value is -7.87. The molecule has 1 spiro atoms. The summed E-state index contributed by atoms with van der Waals surface area (Å²) in [7, 11) is 0. The Balaban J connectivity index is 1.11. The number of aromatic nitrogens is 6. The van der Waals surface area contributed by atoms with Crippen LogP contribution in [0.3, 0.4) is 0 Å². The summed E-state index contributed by atoms with van der Waals surface area (Å²) in [6.45, 7) is 0. The Bertz CT molecular complexity index is 2980. The molecule has 0 atom stereocenters. The number of benzene rings is 6. The summed E-state index contributed by atoms with van der Waals surface area (Å²) >= 11 is 1.85. The molecule has 7 heteroatoms. The zero-order chi connectivity index (χ0) is 41.0. The predicted molar refractivity (Wildman–Crippen MR) is 247 cm³/mol. The molecule has 62 heavy (non-hydrogen) atoms. The van der Waals surface area contributed by atoms with Crippen LogP contribution in [0.5, 0.6) is 0 Å². The van der Waals surface area contributed by atoms with Crippen LogP contribution < -0.4 is 0 Å². The molecule has 2 aliphatic rings. The van der Waals surface area contributed by atoms with Gasteiger partial charge in [-0.25, -0.2) is 19.9 Å². The van der Waals surface area contributed by atoms with Crippen LogP contribution in [0.1, 0.15) is 22.3 Å². The molecule has 0 unspecified atom stereocenters. The van der Waals surface area contributed by atoms with Crippen molar-refractivity contribution >= 4 is 11.8 Å². The van der Waals surface area contributed by atoms with Crippen LogP contribution in [-0.2, 0) is 5.41 Å². The van der Waals surface area contributed by atoms with Crippen molar-refractivity contribution in [3.8, 4) is 78.9 Å². The van der Waals surface area contributed by atoms with E-state index in [-0.39, 0.29) is 0 Å². The van der Waals surface area contributed by atoms with Gasteiger partial charge in [0.15, 0.2) is 17.5 Å². The van der Waals surface area contributed by atoms with Crippen LogP contribution in [0.4, 0.5) is 0 Å². The highest BCUT2D eigenvalue weighted by Crippen LogP contribution is 2.62. The van der Waals surface area contributed by atoms with E-state index in [4.69, 9.17) is 19.9 Å². The van der Waals surface area contributed by atoms with E-state index in [1.807, 2.05) is 121 Å². The van der Waals surface area contributed by atoms with Gasteiger partial charge in [-0.2, -0.15) is 0 Å². The highest BCUT2D eigenvalue weighted by Gasteiger charge is 2.50. The van der Waals surface area contributed by atoms with Crippen molar-refractivity contribution < 1.29 is 0 Å². The van der Waals surface area contributed by atoms with Crippen LogP contribution in [-0.4, -0.2) is 29.9 Å². The van der Waals surface area contributed by atoms with Gasteiger partial charge in [0.1, 0.15) is 0 Å². The molecule has 6 nitrogen and oxygen atoms in total. The minimum Gasteiger partial charge on any atom is -0.265 e. The molecule has 0 N–H and O–H groups in total. The van der Waals surface area contributed by atoms with Crippen LogP contribution in [0.25, 0.3) is 78.9 Å². The lowest BCUT2D eigenvalue weighted by atomic mass is 9.67. The molecule has 1 aliphatic heterocycles. The van der Waals surface area contributed by atoms with Gasteiger partial charge in [-0.3, -0.25) is 9.97 Å². The van der Waals surface area contributed by atoms with E-state index in [2.05, 4.69) is 107 Å². The third-order valence-corrected chi connectivity index (χ3v) is 13.2. The van der Waals surface area contributed by atoms with E-state index in [1.54, 1.807) is 0 Å². The number of hydrogen-bond donors (Lipinski definition) is 0. The van der Waals surface area contributed by atoms with E-state index in [0.717, 1.165) is 55.9 Å². The van der Waals surface area contributed by atoms with Gasteiger partial charge in [-0.05, 0) is 105 Å². The maximum atomic E-state index is 5.16. The van der Waals surface area contributed by atoms with Gasteiger partial charge in [-0.15, -0.1) is 0 Å². The molecule has 290 valence electrons. The number of hydrogen-bond acceptors (Lipinski definition) is 7. The minimum absolute atomic E-state index is 0.549. The first-order valence-electron chi connectivity index (χ1n) is 20.6. The first-order chi connectivity index (χ1) is 30.7. The number of fused-ring (bicyclic) bond motifs is 9. The Morgan fingerprint density at radius 1 is 0.306 bits per heavy atom. The fourth-order valence-corrected chi connectivity index (χ4v) is 10.4. The first kappa shape index (κ1) is 36.0. The summed E-state index contributed by atoms with van der Waals surface area (Å²) < 4.78 is 0. The average molecular weight is 811 g/mol. The van der Waals surface area contributed by atoms with E-state index in [0.29, 0.717) is 17.5 Å². The summed E-state index contributed by atoms with van der Waals surface area (Å²) in [5.74, 6) is 1.89. The largest absolute Gasteiger partial charge is 0.265 e. The lowest BCUT2D eigenvalue weighted by molar-refractivity contribution is 0.722. The average Bonchev–Trinajstić information content (AvgIpc) is 3.64. The fraction of sp³-hybridized carbons (Fsp3) is 0.0182. The van der Waals surface area contributed by atoms with Gasteiger partial charge in [0, 0.05) is 62.4 Å². The van der Waals surface area contributed by atoms with Gasteiger partial charge >= 0.3 is 0 Å². The van der Waals surface area contributed by atoms with E-state index in [1.165, 1.54) is 37.6 Å². The zero-order valence-electron chi connectivity index (χ0n) is 33.2. The molecule has 0 saturated heterocycles. The van der Waals surface area contributed by atoms with E-state index in [9.17, 15) is 0 Å². The van der Waals surface area contributed by atoms with Crippen molar-refractivity contribution in [1.82, 2.24) is 29.9 Å². The molecule has 5 heterocycles. The summed E-state index contributed by atoms with van der Waals surface area (Å²) in [6.07, 6.45) is 7.26. The molecule has 1 aliphatic carbocycles. The van der Waals surface area contributed by atoms with Gasteiger partial charge in [0.2, 0.25) is 0 Å². The third-order valence-electron chi connectivity index (χ3n) is 12.0. The lowest BCUT2D eigenvalue weighted by Crippen LogP contribution is -2.31. The minimum atomic E-state index is -0.549. The molecule has 0 saturated carbocycles.